The highest BCUT2D eigenvalue weighted by Crippen LogP contribution is 2.27. The number of carbonyl (C=O) groups excluding carboxylic acids is 2. The zero-order valence-electron chi connectivity index (χ0n) is 14.3. The van der Waals surface area contributed by atoms with Gasteiger partial charge in [-0.1, -0.05) is 41.9 Å². The molecule has 140 valence electrons. The molecule has 1 saturated heterocycles. The molecule has 0 spiro atoms. The van der Waals surface area contributed by atoms with Gasteiger partial charge in [0.1, 0.15) is 0 Å². The zero-order chi connectivity index (χ0) is 19.4. The first kappa shape index (κ1) is 18.8. The topological polar surface area (TPSA) is 89.8 Å². The molecule has 1 aliphatic rings. The van der Waals surface area contributed by atoms with Crippen molar-refractivity contribution in [1.82, 2.24) is 4.90 Å². The molecule has 1 aliphatic heterocycles. The van der Waals surface area contributed by atoms with Crippen molar-refractivity contribution in [3.8, 4) is 0 Å². The predicted octanol–water partition coefficient (Wildman–Crippen LogP) is 3.77. The summed E-state index contributed by atoms with van der Waals surface area (Å²) in [5, 5.41) is 11.0. The Hall–Kier alpha value is -2.93. The van der Waals surface area contributed by atoms with Crippen LogP contribution in [0.2, 0.25) is 5.02 Å². The monoisotopic (exact) mass is 388 g/mol. The van der Waals surface area contributed by atoms with Crippen molar-refractivity contribution in [2.75, 3.05) is 13.1 Å². The maximum Gasteiger partial charge on any atom is 0.341 e. The average molecular weight is 389 g/mol. The third kappa shape index (κ3) is 4.25. The van der Waals surface area contributed by atoms with Gasteiger partial charge < -0.3 is 9.64 Å². The molecule has 27 heavy (non-hydrogen) atoms. The first-order valence-electron chi connectivity index (χ1n) is 8.46. The van der Waals surface area contributed by atoms with Crippen molar-refractivity contribution in [2.45, 2.75) is 18.9 Å². The third-order valence-corrected chi connectivity index (χ3v) is 4.68. The van der Waals surface area contributed by atoms with Gasteiger partial charge in [-0.3, -0.25) is 14.9 Å². The fourth-order valence-electron chi connectivity index (χ4n) is 2.95. The molecule has 3 rings (SSSR count). The number of likely N-dealkylation sites (tertiary alicyclic amines) is 1. The Morgan fingerprint density at radius 3 is 2.41 bits per heavy atom. The second-order valence-corrected chi connectivity index (χ2v) is 6.56. The molecular weight excluding hydrogens is 372 g/mol. The molecule has 1 fully saturated rings. The van der Waals surface area contributed by atoms with E-state index in [1.807, 2.05) is 0 Å². The van der Waals surface area contributed by atoms with Crippen LogP contribution in [0, 0.1) is 10.1 Å². The number of benzene rings is 2. The summed E-state index contributed by atoms with van der Waals surface area (Å²) in [6.45, 7) is 1.22. The number of nitro groups is 1. The van der Waals surface area contributed by atoms with Crippen LogP contribution < -0.4 is 0 Å². The summed E-state index contributed by atoms with van der Waals surface area (Å²) >= 11 is 6.01. The first-order valence-corrected chi connectivity index (χ1v) is 8.84. The van der Waals surface area contributed by atoms with E-state index in [-0.39, 0.29) is 22.2 Å². The van der Waals surface area contributed by atoms with E-state index in [2.05, 4.69) is 0 Å². The molecule has 7 nitrogen and oxygen atoms in total. The van der Waals surface area contributed by atoms with E-state index >= 15 is 0 Å². The molecule has 0 radical (unpaired) electrons. The normalized spacial score (nSPS) is 14.6. The third-order valence-electron chi connectivity index (χ3n) is 4.35. The SMILES string of the molecule is O=C(O[C@H](C(=O)N1CCCC1)c1ccccc1)c1cc([N+](=O)[O-])ccc1Cl. The van der Waals surface area contributed by atoms with Crippen LogP contribution in [-0.4, -0.2) is 34.8 Å². The van der Waals surface area contributed by atoms with E-state index < -0.39 is 17.0 Å². The van der Waals surface area contributed by atoms with Gasteiger partial charge in [0.2, 0.25) is 6.10 Å². The first-order chi connectivity index (χ1) is 13.0. The van der Waals surface area contributed by atoms with Gasteiger partial charge in [-0.05, 0) is 18.9 Å². The van der Waals surface area contributed by atoms with Crippen LogP contribution in [0.15, 0.2) is 48.5 Å². The van der Waals surface area contributed by atoms with Gasteiger partial charge in [-0.15, -0.1) is 0 Å². The largest absolute Gasteiger partial charge is 0.444 e. The molecule has 1 heterocycles. The van der Waals surface area contributed by atoms with E-state index in [9.17, 15) is 19.7 Å². The van der Waals surface area contributed by atoms with Crippen LogP contribution in [0.5, 0.6) is 0 Å². The summed E-state index contributed by atoms with van der Waals surface area (Å²) < 4.78 is 5.48. The summed E-state index contributed by atoms with van der Waals surface area (Å²) in [6, 6.07) is 12.2. The highest BCUT2D eigenvalue weighted by molar-refractivity contribution is 6.33. The molecular formula is C19H17ClN2O5. The van der Waals surface area contributed by atoms with Crippen molar-refractivity contribution in [3.05, 3.63) is 74.8 Å². The maximum absolute atomic E-state index is 12.9. The van der Waals surface area contributed by atoms with Crippen LogP contribution >= 0.6 is 11.6 Å². The molecule has 2 aromatic rings. The lowest BCUT2D eigenvalue weighted by Gasteiger charge is -2.23. The minimum Gasteiger partial charge on any atom is -0.444 e. The van der Waals surface area contributed by atoms with Crippen molar-refractivity contribution < 1.29 is 19.2 Å². The highest BCUT2D eigenvalue weighted by atomic mass is 35.5. The molecule has 0 unspecified atom stereocenters. The van der Waals surface area contributed by atoms with Crippen LogP contribution in [0.25, 0.3) is 0 Å². The van der Waals surface area contributed by atoms with E-state index in [1.165, 1.54) is 12.1 Å². The van der Waals surface area contributed by atoms with Gasteiger partial charge in [-0.2, -0.15) is 0 Å². The number of non-ortho nitro benzene ring substituents is 1. The lowest BCUT2D eigenvalue weighted by atomic mass is 10.1. The Morgan fingerprint density at radius 2 is 1.78 bits per heavy atom. The van der Waals surface area contributed by atoms with Gasteiger partial charge in [0.05, 0.1) is 15.5 Å². The summed E-state index contributed by atoms with van der Waals surface area (Å²) in [5.41, 5.74) is 0.0961. The van der Waals surface area contributed by atoms with Gasteiger partial charge in [0.15, 0.2) is 0 Å². The van der Waals surface area contributed by atoms with Crippen molar-refractivity contribution in [2.24, 2.45) is 0 Å². The number of ether oxygens (including phenoxy) is 1. The predicted molar refractivity (Wildman–Crippen MR) is 98.5 cm³/mol. The van der Waals surface area contributed by atoms with Gasteiger partial charge in [0.25, 0.3) is 11.6 Å². The summed E-state index contributed by atoms with van der Waals surface area (Å²) in [7, 11) is 0. The molecule has 0 bridgehead atoms. The second-order valence-electron chi connectivity index (χ2n) is 6.15. The molecule has 0 N–H and O–H groups in total. The number of amides is 1. The standard InChI is InChI=1S/C19H17ClN2O5/c20-16-9-8-14(22(25)26)12-15(16)19(24)27-17(13-6-2-1-3-7-13)18(23)21-10-4-5-11-21/h1-3,6-9,12,17H,4-5,10-11H2/t17-/m0/s1. The van der Waals surface area contributed by atoms with E-state index in [0.29, 0.717) is 18.7 Å². The van der Waals surface area contributed by atoms with Gasteiger partial charge >= 0.3 is 5.97 Å². The number of rotatable bonds is 5. The minimum atomic E-state index is -1.13. The van der Waals surface area contributed by atoms with Crippen LogP contribution in [0.4, 0.5) is 5.69 Å². The van der Waals surface area contributed by atoms with Crippen LogP contribution in [0.1, 0.15) is 34.9 Å². The van der Waals surface area contributed by atoms with E-state index in [1.54, 1.807) is 35.2 Å². The second kappa shape index (κ2) is 8.18. The fourth-order valence-corrected chi connectivity index (χ4v) is 3.14. The maximum atomic E-state index is 12.9. The average Bonchev–Trinajstić information content (AvgIpc) is 3.21. The summed E-state index contributed by atoms with van der Waals surface area (Å²) in [5.74, 6) is -1.20. The smallest absolute Gasteiger partial charge is 0.341 e. The number of carbonyl (C=O) groups is 2. The summed E-state index contributed by atoms with van der Waals surface area (Å²) in [4.78, 5) is 37.5. The number of nitrogens with zero attached hydrogens (tertiary/aromatic N) is 2. The van der Waals surface area contributed by atoms with E-state index in [4.69, 9.17) is 16.3 Å². The van der Waals surface area contributed by atoms with Crippen LogP contribution in [-0.2, 0) is 9.53 Å². The molecule has 1 amide bonds. The van der Waals surface area contributed by atoms with Crippen LogP contribution in [0.3, 0.4) is 0 Å². The number of hydrogen-bond donors (Lipinski definition) is 0. The molecule has 0 aliphatic carbocycles. The summed E-state index contributed by atoms with van der Waals surface area (Å²) in [6.07, 6.45) is 0.669. The van der Waals surface area contributed by atoms with Crippen molar-refractivity contribution >= 4 is 29.2 Å². The molecule has 2 aromatic carbocycles. The lowest BCUT2D eigenvalue weighted by molar-refractivity contribution is -0.384. The number of hydrogen-bond acceptors (Lipinski definition) is 5. The quantitative estimate of drug-likeness (QED) is 0.442. The fraction of sp³-hybridized carbons (Fsp3) is 0.263. The number of esters is 1. The Bertz CT molecular complexity index is 866. The lowest BCUT2D eigenvalue weighted by Crippen LogP contribution is -2.34. The number of halogens is 1. The Morgan fingerprint density at radius 1 is 1.11 bits per heavy atom. The van der Waals surface area contributed by atoms with Gasteiger partial charge in [-0.25, -0.2) is 4.79 Å². The molecule has 8 heteroatoms. The molecule has 0 aromatic heterocycles. The van der Waals surface area contributed by atoms with E-state index in [0.717, 1.165) is 18.9 Å². The minimum absolute atomic E-state index is 0.0195. The molecule has 0 saturated carbocycles. The van der Waals surface area contributed by atoms with Gasteiger partial charge in [0, 0.05) is 30.8 Å². The highest BCUT2D eigenvalue weighted by Gasteiger charge is 2.32. The zero-order valence-corrected chi connectivity index (χ0v) is 15.1. The Balaban J connectivity index is 1.90. The van der Waals surface area contributed by atoms with Crippen molar-refractivity contribution in [3.63, 3.8) is 0 Å². The molecule has 1 atom stereocenters. The number of nitro benzene ring substituents is 1. The Kier molecular flexibility index (Phi) is 5.71. The van der Waals surface area contributed by atoms with Crippen molar-refractivity contribution in [1.29, 1.82) is 0 Å². The Labute approximate surface area is 160 Å².